The molecule has 0 aromatic carbocycles. The highest BCUT2D eigenvalue weighted by Gasteiger charge is 2.50. The van der Waals surface area contributed by atoms with Crippen LogP contribution in [-0.2, 0) is 0 Å². The van der Waals surface area contributed by atoms with Gasteiger partial charge in [-0.1, -0.05) is 57.9 Å². The maximum absolute atomic E-state index is 10.4. The lowest BCUT2D eigenvalue weighted by Crippen LogP contribution is -2.36. The number of hydrogen-bond acceptors (Lipinski definition) is 3. The van der Waals surface area contributed by atoms with Crippen molar-refractivity contribution in [1.82, 2.24) is 0 Å². The Balaban J connectivity index is 1.71. The summed E-state index contributed by atoms with van der Waals surface area (Å²) in [4.78, 5) is 0. The van der Waals surface area contributed by atoms with Gasteiger partial charge in [-0.3, -0.25) is 0 Å². The molecule has 3 aliphatic carbocycles. The molecule has 0 amide bonds. The van der Waals surface area contributed by atoms with E-state index >= 15 is 0 Å². The molecule has 3 aliphatic rings. The Morgan fingerprint density at radius 2 is 1.94 bits per heavy atom. The lowest BCUT2D eigenvalue weighted by molar-refractivity contribution is 0.0283. The predicted molar refractivity (Wildman–Crippen MR) is 129 cm³/mol. The number of allylic oxidation sites excluding steroid dienone is 3. The van der Waals surface area contributed by atoms with E-state index in [4.69, 9.17) is 0 Å². The first-order valence-electron chi connectivity index (χ1n) is 12.6. The van der Waals surface area contributed by atoms with E-state index in [2.05, 4.69) is 32.6 Å². The third-order valence-corrected chi connectivity index (χ3v) is 8.97. The molecule has 0 aromatic heterocycles. The standard InChI is InChI=1S/C28H46O3/c1-18(9-7-15-27(4,5)31)23-13-14-24-21(10-8-16-28(23,24)6)11-12-22-17-25(29)20(3)26(30)19(22)2/h11-12,18,20,23-26,29-31H,2,7-10,13-17H2,1,3-6H3/b21-11+,22-12-/t18-,20-,23+,24-,25+,26+,28+/m0/s1. The van der Waals surface area contributed by atoms with Crippen molar-refractivity contribution in [1.29, 1.82) is 0 Å². The summed E-state index contributed by atoms with van der Waals surface area (Å²) in [6, 6.07) is 0. The molecule has 3 N–H and O–H groups in total. The third kappa shape index (κ3) is 5.37. The van der Waals surface area contributed by atoms with E-state index in [0.717, 1.165) is 36.3 Å². The molecular weight excluding hydrogens is 384 g/mol. The smallest absolute Gasteiger partial charge is 0.0837 e. The maximum Gasteiger partial charge on any atom is 0.0837 e. The lowest BCUT2D eigenvalue weighted by Gasteiger charge is -2.44. The largest absolute Gasteiger partial charge is 0.392 e. The fourth-order valence-electron chi connectivity index (χ4n) is 6.91. The molecule has 176 valence electrons. The average molecular weight is 431 g/mol. The molecule has 3 saturated carbocycles. The Kier molecular flexibility index (Phi) is 7.61. The van der Waals surface area contributed by atoms with Gasteiger partial charge >= 0.3 is 0 Å². The van der Waals surface area contributed by atoms with Gasteiger partial charge in [0.1, 0.15) is 0 Å². The highest BCUT2D eigenvalue weighted by atomic mass is 16.3. The molecule has 3 fully saturated rings. The summed E-state index contributed by atoms with van der Waals surface area (Å²) in [7, 11) is 0. The van der Waals surface area contributed by atoms with Crippen LogP contribution < -0.4 is 0 Å². The summed E-state index contributed by atoms with van der Waals surface area (Å²) < 4.78 is 0. The van der Waals surface area contributed by atoms with Crippen LogP contribution in [-0.4, -0.2) is 33.1 Å². The summed E-state index contributed by atoms with van der Waals surface area (Å²) in [6.45, 7) is 14.8. The Morgan fingerprint density at radius 3 is 2.61 bits per heavy atom. The number of hydrogen-bond donors (Lipinski definition) is 3. The van der Waals surface area contributed by atoms with Crippen molar-refractivity contribution in [3.63, 3.8) is 0 Å². The predicted octanol–water partition coefficient (Wildman–Crippen LogP) is 5.95. The van der Waals surface area contributed by atoms with Crippen molar-refractivity contribution in [3.05, 3.63) is 35.5 Å². The SMILES string of the molecule is C=C1/C(=C\C=C2/CCC[C@]3(C)[C@@H]([C@@H](C)CCCC(C)(C)O)CC[C@@H]23)C[C@@H](O)[C@H](C)[C@@H]1O. The minimum Gasteiger partial charge on any atom is -0.392 e. The van der Waals surface area contributed by atoms with E-state index in [1.165, 1.54) is 32.1 Å². The molecule has 0 unspecified atom stereocenters. The topological polar surface area (TPSA) is 60.7 Å². The molecule has 3 heteroatoms. The van der Waals surface area contributed by atoms with Crippen LogP contribution in [0.15, 0.2) is 35.5 Å². The minimum atomic E-state index is -0.648. The van der Waals surface area contributed by atoms with Gasteiger partial charge in [-0.15, -0.1) is 0 Å². The average Bonchev–Trinajstić information content (AvgIpc) is 3.04. The molecule has 0 bridgehead atoms. The van der Waals surface area contributed by atoms with Crippen LogP contribution in [0.5, 0.6) is 0 Å². The number of aliphatic hydroxyl groups is 3. The third-order valence-electron chi connectivity index (χ3n) is 8.97. The highest BCUT2D eigenvalue weighted by molar-refractivity contribution is 5.39. The first-order valence-corrected chi connectivity index (χ1v) is 12.6. The Labute approximate surface area is 190 Å². The van der Waals surface area contributed by atoms with Crippen LogP contribution in [0.3, 0.4) is 0 Å². The monoisotopic (exact) mass is 430 g/mol. The first-order chi connectivity index (χ1) is 14.4. The van der Waals surface area contributed by atoms with Crippen LogP contribution in [0.25, 0.3) is 0 Å². The van der Waals surface area contributed by atoms with Crippen molar-refractivity contribution < 1.29 is 15.3 Å². The van der Waals surface area contributed by atoms with Crippen LogP contribution in [0.2, 0.25) is 0 Å². The van der Waals surface area contributed by atoms with Crippen molar-refractivity contribution in [2.45, 2.75) is 110 Å². The molecule has 0 heterocycles. The Morgan fingerprint density at radius 1 is 1.23 bits per heavy atom. The molecule has 0 saturated heterocycles. The number of fused-ring (bicyclic) bond motifs is 1. The summed E-state index contributed by atoms with van der Waals surface area (Å²) >= 11 is 0. The molecule has 0 aliphatic heterocycles. The second-order valence-corrected chi connectivity index (χ2v) is 11.8. The molecular formula is C28H46O3. The fraction of sp³-hybridized carbons (Fsp3) is 0.786. The van der Waals surface area contributed by atoms with Crippen molar-refractivity contribution in [3.8, 4) is 0 Å². The zero-order chi connectivity index (χ0) is 23.0. The second kappa shape index (κ2) is 9.53. The molecule has 0 spiro atoms. The van der Waals surface area contributed by atoms with Gasteiger partial charge in [-0.05, 0) is 93.1 Å². The Bertz CT molecular complexity index is 712. The van der Waals surface area contributed by atoms with Gasteiger partial charge in [-0.25, -0.2) is 0 Å². The summed E-state index contributed by atoms with van der Waals surface area (Å²) in [6.07, 6.45) is 13.4. The quantitative estimate of drug-likeness (QED) is 0.488. The summed E-state index contributed by atoms with van der Waals surface area (Å²) in [5.41, 5.74) is 3.15. The fourth-order valence-corrected chi connectivity index (χ4v) is 6.91. The number of aliphatic hydroxyl groups excluding tert-OH is 2. The molecule has 7 atom stereocenters. The van der Waals surface area contributed by atoms with E-state index in [9.17, 15) is 15.3 Å². The van der Waals surface area contributed by atoms with Gasteiger partial charge in [0.05, 0.1) is 17.8 Å². The van der Waals surface area contributed by atoms with Crippen molar-refractivity contribution >= 4 is 0 Å². The van der Waals surface area contributed by atoms with Crippen molar-refractivity contribution in [2.75, 3.05) is 0 Å². The summed E-state index contributed by atoms with van der Waals surface area (Å²) in [5.74, 6) is 1.94. The number of rotatable bonds is 6. The van der Waals surface area contributed by atoms with Crippen LogP contribution in [0, 0.1) is 29.1 Å². The van der Waals surface area contributed by atoms with E-state index in [1.54, 1.807) is 5.57 Å². The second-order valence-electron chi connectivity index (χ2n) is 11.8. The van der Waals surface area contributed by atoms with Crippen LogP contribution in [0.1, 0.15) is 92.4 Å². The zero-order valence-electron chi connectivity index (χ0n) is 20.5. The van der Waals surface area contributed by atoms with Gasteiger partial charge < -0.3 is 15.3 Å². The van der Waals surface area contributed by atoms with Gasteiger partial charge in [-0.2, -0.15) is 0 Å². The summed E-state index contributed by atoms with van der Waals surface area (Å²) in [5, 5.41) is 30.7. The maximum atomic E-state index is 10.4. The zero-order valence-corrected chi connectivity index (χ0v) is 20.5. The normalized spacial score (nSPS) is 40.4. The van der Waals surface area contributed by atoms with Gasteiger partial charge in [0.25, 0.3) is 0 Å². The van der Waals surface area contributed by atoms with E-state index < -0.39 is 17.8 Å². The first kappa shape index (κ1) is 24.7. The molecule has 0 aromatic rings. The van der Waals surface area contributed by atoms with E-state index in [-0.39, 0.29) is 5.92 Å². The molecule has 0 radical (unpaired) electrons. The van der Waals surface area contributed by atoms with Gasteiger partial charge in [0.15, 0.2) is 0 Å². The molecule has 3 nitrogen and oxygen atoms in total. The lowest BCUT2D eigenvalue weighted by atomic mass is 9.60. The van der Waals surface area contributed by atoms with E-state index in [1.807, 2.05) is 20.8 Å². The highest BCUT2D eigenvalue weighted by Crippen LogP contribution is 2.60. The minimum absolute atomic E-state index is 0.149. The van der Waals surface area contributed by atoms with Gasteiger partial charge in [0, 0.05) is 5.92 Å². The molecule has 31 heavy (non-hydrogen) atoms. The van der Waals surface area contributed by atoms with Crippen LogP contribution >= 0.6 is 0 Å². The van der Waals surface area contributed by atoms with Crippen LogP contribution in [0.4, 0.5) is 0 Å². The molecule has 3 rings (SSSR count). The van der Waals surface area contributed by atoms with Crippen molar-refractivity contribution in [2.24, 2.45) is 29.1 Å². The Hall–Kier alpha value is -0.900. The van der Waals surface area contributed by atoms with Gasteiger partial charge in [0.2, 0.25) is 0 Å². The van der Waals surface area contributed by atoms with E-state index in [0.29, 0.717) is 23.7 Å².